The zero-order valence-electron chi connectivity index (χ0n) is 15.4. The van der Waals surface area contributed by atoms with Crippen molar-refractivity contribution in [2.24, 2.45) is 0 Å². The Morgan fingerprint density at radius 3 is 2.41 bits per heavy atom. The van der Waals surface area contributed by atoms with Crippen molar-refractivity contribution in [1.29, 1.82) is 0 Å². The fourth-order valence-electron chi connectivity index (χ4n) is 2.74. The molecule has 1 N–H and O–H groups in total. The third kappa shape index (κ3) is 4.21. The number of methoxy groups -OCH3 is 1. The Labute approximate surface area is 165 Å². The molecule has 2 aromatic carbocycles. The van der Waals surface area contributed by atoms with Gasteiger partial charge in [0.15, 0.2) is 0 Å². The van der Waals surface area contributed by atoms with Gasteiger partial charge in [-0.2, -0.15) is 0 Å². The maximum absolute atomic E-state index is 13.2. The van der Waals surface area contributed by atoms with Crippen LogP contribution in [0.1, 0.15) is 0 Å². The molecule has 0 amide bonds. The summed E-state index contributed by atoms with van der Waals surface area (Å²) in [5.74, 6) is 0.950. The molecule has 0 unspecified atom stereocenters. The van der Waals surface area contributed by atoms with Crippen molar-refractivity contribution in [2.45, 2.75) is 9.79 Å². The van der Waals surface area contributed by atoms with Crippen LogP contribution in [0.5, 0.6) is 11.5 Å². The summed E-state index contributed by atoms with van der Waals surface area (Å²) >= 11 is 0. The highest BCUT2D eigenvalue weighted by Crippen LogP contribution is 2.35. The molecule has 0 aliphatic carbocycles. The predicted octanol–water partition coefficient (Wildman–Crippen LogP) is 3.37. The number of halogens is 1. The summed E-state index contributed by atoms with van der Waals surface area (Å²) < 4.78 is 37.3. The molecule has 0 fully saturated rings. The van der Waals surface area contributed by atoms with Gasteiger partial charge in [-0.05, 0) is 32.3 Å². The van der Waals surface area contributed by atoms with Crippen molar-refractivity contribution >= 4 is 33.1 Å². The first-order chi connectivity index (χ1) is 12.4. The van der Waals surface area contributed by atoms with Gasteiger partial charge in [-0.3, -0.25) is 0 Å². The lowest BCUT2D eigenvalue weighted by Crippen LogP contribution is -2.19. The van der Waals surface area contributed by atoms with E-state index in [4.69, 9.17) is 9.47 Å². The van der Waals surface area contributed by atoms with Crippen LogP contribution in [0.15, 0.2) is 58.5 Å². The van der Waals surface area contributed by atoms with E-state index in [1.807, 2.05) is 25.1 Å². The summed E-state index contributed by atoms with van der Waals surface area (Å²) in [4.78, 5) is 5.41. The minimum Gasteiger partial charge on any atom is -0.495 e. The number of nitrogens with one attached hydrogen (secondary N) is 1. The average molecular weight is 411 g/mol. The summed E-state index contributed by atoms with van der Waals surface area (Å²) in [6, 6.07) is 12.0. The molecule has 3 aromatic rings. The number of hydrogen-bond acceptors (Lipinski definition) is 5. The number of aromatic nitrogens is 1. The second-order valence-corrected chi connectivity index (χ2v) is 8.02. The smallest absolute Gasteiger partial charge is 0.212 e. The number of para-hydroxylation sites is 2. The van der Waals surface area contributed by atoms with Crippen LogP contribution in [-0.2, 0) is 9.84 Å². The first kappa shape index (κ1) is 21.1. The van der Waals surface area contributed by atoms with Gasteiger partial charge in [-0.1, -0.05) is 24.3 Å². The fourth-order valence-corrected chi connectivity index (χ4v) is 4.33. The van der Waals surface area contributed by atoms with Gasteiger partial charge in [-0.15, -0.1) is 12.4 Å². The van der Waals surface area contributed by atoms with Crippen molar-refractivity contribution < 1.29 is 17.9 Å². The van der Waals surface area contributed by atoms with Gasteiger partial charge in [0.2, 0.25) is 9.84 Å². The molecular weight excluding hydrogens is 388 g/mol. The van der Waals surface area contributed by atoms with E-state index < -0.39 is 9.84 Å². The maximum Gasteiger partial charge on any atom is 0.212 e. The summed E-state index contributed by atoms with van der Waals surface area (Å²) in [5.41, 5.74) is 0.666. The molecule has 8 heteroatoms. The summed E-state index contributed by atoms with van der Waals surface area (Å²) in [7, 11) is 1.66. The second kappa shape index (κ2) is 8.65. The van der Waals surface area contributed by atoms with Gasteiger partial charge in [-0.25, -0.2) is 8.42 Å². The summed E-state index contributed by atoms with van der Waals surface area (Å²) in [6.07, 6.45) is 1.51. The van der Waals surface area contributed by atoms with Crippen molar-refractivity contribution in [1.82, 2.24) is 9.88 Å². The number of nitrogens with zero attached hydrogens (tertiary/aromatic N) is 1. The average Bonchev–Trinajstić information content (AvgIpc) is 3.07. The van der Waals surface area contributed by atoms with Crippen LogP contribution in [0, 0.1) is 0 Å². The quantitative estimate of drug-likeness (QED) is 0.646. The molecule has 0 saturated carbocycles. The molecule has 6 nitrogen and oxygen atoms in total. The molecule has 0 spiro atoms. The Bertz CT molecular complexity index is 1020. The normalized spacial score (nSPS) is 11.4. The summed E-state index contributed by atoms with van der Waals surface area (Å²) in [5, 5.41) is 0.596. The minimum atomic E-state index is -3.74. The van der Waals surface area contributed by atoms with Gasteiger partial charge >= 0.3 is 0 Å². The van der Waals surface area contributed by atoms with Crippen LogP contribution >= 0.6 is 12.4 Å². The molecular formula is C19H23ClN2O4S. The molecule has 0 atom stereocenters. The monoisotopic (exact) mass is 410 g/mol. The Morgan fingerprint density at radius 2 is 1.70 bits per heavy atom. The van der Waals surface area contributed by atoms with E-state index >= 15 is 0 Å². The van der Waals surface area contributed by atoms with Crippen LogP contribution in [0.4, 0.5) is 0 Å². The molecule has 146 valence electrons. The predicted molar refractivity (Wildman–Crippen MR) is 108 cm³/mol. The molecule has 1 aromatic heterocycles. The first-order valence-corrected chi connectivity index (χ1v) is 9.69. The highest BCUT2D eigenvalue weighted by Gasteiger charge is 2.25. The van der Waals surface area contributed by atoms with E-state index in [1.165, 1.54) is 13.3 Å². The Hall–Kier alpha value is -2.22. The number of fused-ring (bicyclic) bond motifs is 1. The van der Waals surface area contributed by atoms with Gasteiger partial charge in [0.05, 0.1) is 17.5 Å². The molecule has 0 aliphatic heterocycles. The number of rotatable bonds is 7. The number of likely N-dealkylation sites (N-methyl/N-ethyl adjacent to an activating group) is 1. The fraction of sp³-hybridized carbons (Fsp3) is 0.263. The number of benzene rings is 2. The zero-order valence-corrected chi connectivity index (χ0v) is 17.1. The van der Waals surface area contributed by atoms with E-state index in [2.05, 4.69) is 4.98 Å². The maximum atomic E-state index is 13.2. The highest BCUT2D eigenvalue weighted by atomic mass is 35.5. The highest BCUT2D eigenvalue weighted by molar-refractivity contribution is 7.91. The van der Waals surface area contributed by atoms with E-state index in [0.29, 0.717) is 29.0 Å². The largest absolute Gasteiger partial charge is 0.495 e. The van der Waals surface area contributed by atoms with E-state index in [-0.39, 0.29) is 22.2 Å². The number of sulfone groups is 1. The molecule has 0 aliphatic rings. The van der Waals surface area contributed by atoms with Gasteiger partial charge < -0.3 is 19.4 Å². The number of aromatic amines is 1. The van der Waals surface area contributed by atoms with Crippen molar-refractivity contribution in [3.8, 4) is 11.5 Å². The van der Waals surface area contributed by atoms with E-state index in [0.717, 1.165) is 6.54 Å². The zero-order chi connectivity index (χ0) is 18.7. The third-order valence-corrected chi connectivity index (χ3v) is 5.92. The minimum absolute atomic E-state index is 0. The molecule has 0 radical (unpaired) electrons. The summed E-state index contributed by atoms with van der Waals surface area (Å²) in [6.45, 7) is 1.28. The van der Waals surface area contributed by atoms with Crippen LogP contribution in [0.25, 0.3) is 10.9 Å². The Balaban J connectivity index is 0.00000261. The second-order valence-electron chi connectivity index (χ2n) is 6.14. The first-order valence-electron chi connectivity index (χ1n) is 8.21. The van der Waals surface area contributed by atoms with Crippen LogP contribution in [-0.4, -0.2) is 52.7 Å². The number of ether oxygens (including phenoxy) is 2. The van der Waals surface area contributed by atoms with Crippen LogP contribution < -0.4 is 9.47 Å². The van der Waals surface area contributed by atoms with Crippen LogP contribution in [0.2, 0.25) is 0 Å². The topological polar surface area (TPSA) is 71.6 Å². The standard InChI is InChI=1S/C19H22N2O4S.ClH/c1-21(2)11-12-25-16-9-6-7-14-18(13-20-19(14)16)26(22,23)17-10-5-4-8-15(17)24-3;/h4-10,13,20H,11-12H2,1-3H3;1H. The lowest BCUT2D eigenvalue weighted by molar-refractivity contribution is 0.263. The van der Waals surface area contributed by atoms with E-state index in [9.17, 15) is 8.42 Å². The van der Waals surface area contributed by atoms with Crippen molar-refractivity contribution in [3.63, 3.8) is 0 Å². The van der Waals surface area contributed by atoms with Crippen LogP contribution in [0.3, 0.4) is 0 Å². The van der Waals surface area contributed by atoms with Gasteiger partial charge in [0, 0.05) is 18.1 Å². The number of H-pyrrole nitrogens is 1. The SMILES string of the molecule is COc1ccccc1S(=O)(=O)c1c[nH]c2c(OCCN(C)C)cccc12.Cl. The van der Waals surface area contributed by atoms with Gasteiger partial charge in [0.1, 0.15) is 23.0 Å². The Morgan fingerprint density at radius 1 is 1.00 bits per heavy atom. The molecule has 1 heterocycles. The molecule has 0 bridgehead atoms. The van der Waals surface area contributed by atoms with Crippen molar-refractivity contribution in [2.75, 3.05) is 34.4 Å². The number of hydrogen-bond donors (Lipinski definition) is 1. The lowest BCUT2D eigenvalue weighted by atomic mass is 10.2. The molecule has 0 saturated heterocycles. The third-order valence-electron chi connectivity index (χ3n) is 4.08. The lowest BCUT2D eigenvalue weighted by Gasteiger charge is -2.12. The van der Waals surface area contributed by atoms with Gasteiger partial charge in [0.25, 0.3) is 0 Å². The van der Waals surface area contributed by atoms with Crippen molar-refractivity contribution in [3.05, 3.63) is 48.7 Å². The Kier molecular flexibility index (Phi) is 6.75. The van der Waals surface area contributed by atoms with E-state index in [1.54, 1.807) is 36.4 Å². The molecule has 27 heavy (non-hydrogen) atoms. The molecule has 3 rings (SSSR count).